The SMILES string of the molecule is CC(C)N(C)S(=O)(=O)c1cccc(C(=O)NCC2(c3ccccn3)CCC2)c1. The van der Waals surface area contributed by atoms with Crippen molar-refractivity contribution >= 4 is 15.9 Å². The van der Waals surface area contributed by atoms with Crippen LogP contribution in [0.4, 0.5) is 0 Å². The smallest absolute Gasteiger partial charge is 0.251 e. The molecule has 1 aliphatic rings. The van der Waals surface area contributed by atoms with E-state index in [9.17, 15) is 13.2 Å². The van der Waals surface area contributed by atoms with Gasteiger partial charge in [-0.15, -0.1) is 0 Å². The highest BCUT2D eigenvalue weighted by molar-refractivity contribution is 7.89. The summed E-state index contributed by atoms with van der Waals surface area (Å²) in [5.41, 5.74) is 1.21. The number of amides is 1. The van der Waals surface area contributed by atoms with Crippen LogP contribution in [0.3, 0.4) is 0 Å². The Hall–Kier alpha value is -2.25. The third kappa shape index (κ3) is 3.95. The van der Waals surface area contributed by atoms with E-state index in [-0.39, 0.29) is 22.3 Å². The Kier molecular flexibility index (Phi) is 5.86. The lowest BCUT2D eigenvalue weighted by atomic mass is 9.66. The highest BCUT2D eigenvalue weighted by Gasteiger charge is 2.40. The van der Waals surface area contributed by atoms with Gasteiger partial charge < -0.3 is 5.32 Å². The van der Waals surface area contributed by atoms with Crippen LogP contribution in [0.1, 0.15) is 49.2 Å². The number of carbonyl (C=O) groups is 1. The van der Waals surface area contributed by atoms with E-state index in [1.54, 1.807) is 25.4 Å². The summed E-state index contributed by atoms with van der Waals surface area (Å²) in [5, 5.41) is 2.98. The second-order valence-electron chi connectivity index (χ2n) is 7.67. The fourth-order valence-corrected chi connectivity index (χ4v) is 4.81. The molecule has 3 rings (SSSR count). The van der Waals surface area contributed by atoms with Crippen LogP contribution in [-0.2, 0) is 15.4 Å². The third-order valence-corrected chi connectivity index (χ3v) is 7.64. The maximum Gasteiger partial charge on any atom is 0.251 e. The Bertz CT molecular complexity index is 938. The first-order chi connectivity index (χ1) is 13.3. The Balaban J connectivity index is 1.75. The average molecular weight is 402 g/mol. The normalized spacial score (nSPS) is 16.0. The number of pyridine rings is 1. The van der Waals surface area contributed by atoms with Gasteiger partial charge in [0.1, 0.15) is 0 Å². The van der Waals surface area contributed by atoms with E-state index in [0.717, 1.165) is 25.0 Å². The zero-order valence-corrected chi connectivity index (χ0v) is 17.4. The van der Waals surface area contributed by atoms with Gasteiger partial charge in [-0.05, 0) is 57.0 Å². The first-order valence-corrected chi connectivity index (χ1v) is 11.0. The van der Waals surface area contributed by atoms with Crippen LogP contribution in [0.15, 0.2) is 53.6 Å². The summed E-state index contributed by atoms with van der Waals surface area (Å²) in [6.07, 6.45) is 4.86. The minimum atomic E-state index is -3.63. The van der Waals surface area contributed by atoms with Gasteiger partial charge in [0.05, 0.1) is 4.90 Å². The fourth-order valence-electron chi connectivity index (χ4n) is 3.40. The molecule has 1 aromatic carbocycles. The number of rotatable bonds is 7. The summed E-state index contributed by atoms with van der Waals surface area (Å²) < 4.78 is 26.7. The quantitative estimate of drug-likeness (QED) is 0.774. The molecule has 0 unspecified atom stereocenters. The molecule has 0 bridgehead atoms. The number of aromatic nitrogens is 1. The number of carbonyl (C=O) groups excluding carboxylic acids is 1. The topological polar surface area (TPSA) is 79.4 Å². The molecule has 0 aliphatic heterocycles. The molecule has 1 amide bonds. The molecule has 28 heavy (non-hydrogen) atoms. The molecule has 6 nitrogen and oxygen atoms in total. The lowest BCUT2D eigenvalue weighted by molar-refractivity contribution is 0.0926. The fraction of sp³-hybridized carbons (Fsp3) is 0.429. The first-order valence-electron chi connectivity index (χ1n) is 9.54. The van der Waals surface area contributed by atoms with Crippen molar-refractivity contribution in [2.24, 2.45) is 0 Å². The van der Waals surface area contributed by atoms with Crippen LogP contribution in [0.5, 0.6) is 0 Å². The number of nitrogens with zero attached hydrogens (tertiary/aromatic N) is 2. The molecule has 1 aromatic heterocycles. The summed E-state index contributed by atoms with van der Waals surface area (Å²) >= 11 is 0. The van der Waals surface area contributed by atoms with Gasteiger partial charge in [-0.1, -0.05) is 18.6 Å². The Morgan fingerprint density at radius 3 is 2.54 bits per heavy atom. The molecule has 1 N–H and O–H groups in total. The van der Waals surface area contributed by atoms with E-state index in [1.165, 1.54) is 16.4 Å². The van der Waals surface area contributed by atoms with Gasteiger partial charge in [-0.25, -0.2) is 8.42 Å². The van der Waals surface area contributed by atoms with Gasteiger partial charge in [-0.3, -0.25) is 9.78 Å². The molecular formula is C21H27N3O3S. The van der Waals surface area contributed by atoms with E-state index in [0.29, 0.717) is 12.1 Å². The lowest BCUT2D eigenvalue weighted by Gasteiger charge is -2.41. The van der Waals surface area contributed by atoms with E-state index < -0.39 is 10.0 Å². The summed E-state index contributed by atoms with van der Waals surface area (Å²) in [6, 6.07) is 11.9. The molecule has 1 saturated carbocycles. The van der Waals surface area contributed by atoms with Crippen molar-refractivity contribution in [3.63, 3.8) is 0 Å². The predicted molar refractivity (Wildman–Crippen MR) is 109 cm³/mol. The maximum atomic E-state index is 12.7. The molecule has 0 radical (unpaired) electrons. The summed E-state index contributed by atoms with van der Waals surface area (Å²) in [7, 11) is -2.09. The minimum absolute atomic E-state index is 0.124. The molecule has 7 heteroatoms. The van der Waals surface area contributed by atoms with Crippen molar-refractivity contribution < 1.29 is 13.2 Å². The summed E-state index contributed by atoms with van der Waals surface area (Å²) in [4.78, 5) is 17.3. The average Bonchev–Trinajstić information content (AvgIpc) is 2.67. The molecular weight excluding hydrogens is 374 g/mol. The van der Waals surface area contributed by atoms with Crippen molar-refractivity contribution in [1.29, 1.82) is 0 Å². The first kappa shape index (κ1) is 20.5. The van der Waals surface area contributed by atoms with E-state index >= 15 is 0 Å². The predicted octanol–water partition coefficient (Wildman–Crippen LogP) is 2.96. The van der Waals surface area contributed by atoms with E-state index in [2.05, 4.69) is 10.3 Å². The number of benzene rings is 1. The van der Waals surface area contributed by atoms with Crippen LogP contribution >= 0.6 is 0 Å². The van der Waals surface area contributed by atoms with Crippen molar-refractivity contribution in [1.82, 2.24) is 14.6 Å². The molecule has 150 valence electrons. The number of nitrogens with one attached hydrogen (secondary N) is 1. The number of sulfonamides is 1. The monoisotopic (exact) mass is 401 g/mol. The third-order valence-electron chi connectivity index (χ3n) is 5.61. The Morgan fingerprint density at radius 1 is 1.21 bits per heavy atom. The van der Waals surface area contributed by atoms with Gasteiger partial charge in [0, 0.05) is 42.5 Å². The molecule has 2 aromatic rings. The molecule has 0 spiro atoms. The summed E-state index contributed by atoms with van der Waals surface area (Å²) in [5.74, 6) is -0.272. The van der Waals surface area contributed by atoms with Gasteiger partial charge in [0.15, 0.2) is 0 Å². The minimum Gasteiger partial charge on any atom is -0.351 e. The van der Waals surface area contributed by atoms with Gasteiger partial charge in [-0.2, -0.15) is 4.31 Å². The van der Waals surface area contributed by atoms with Crippen LogP contribution < -0.4 is 5.32 Å². The van der Waals surface area contributed by atoms with Crippen LogP contribution in [0, 0.1) is 0 Å². The number of hydrogen-bond donors (Lipinski definition) is 1. The van der Waals surface area contributed by atoms with Crippen molar-refractivity contribution in [3.05, 3.63) is 59.9 Å². The molecule has 1 aliphatic carbocycles. The van der Waals surface area contributed by atoms with Crippen molar-refractivity contribution in [3.8, 4) is 0 Å². The molecule has 0 saturated heterocycles. The molecule has 1 fully saturated rings. The second kappa shape index (κ2) is 8.01. The standard InChI is InChI=1S/C21H27N3O3S/c1-16(2)24(3)28(26,27)18-9-6-8-17(14-18)20(25)23-15-21(11-7-12-21)19-10-4-5-13-22-19/h4-6,8-10,13-14,16H,7,11-12,15H2,1-3H3,(H,23,25). The van der Waals surface area contributed by atoms with Crippen LogP contribution in [0.25, 0.3) is 0 Å². The van der Waals surface area contributed by atoms with Crippen LogP contribution in [0.2, 0.25) is 0 Å². The second-order valence-corrected chi connectivity index (χ2v) is 9.67. The van der Waals surface area contributed by atoms with Gasteiger partial charge >= 0.3 is 0 Å². The van der Waals surface area contributed by atoms with Crippen molar-refractivity contribution in [2.45, 2.75) is 49.5 Å². The molecule has 1 heterocycles. The Morgan fingerprint density at radius 2 is 1.96 bits per heavy atom. The highest BCUT2D eigenvalue weighted by Crippen LogP contribution is 2.42. The van der Waals surface area contributed by atoms with Crippen LogP contribution in [-0.4, -0.2) is 43.2 Å². The zero-order chi connectivity index (χ0) is 20.4. The lowest BCUT2D eigenvalue weighted by Crippen LogP contribution is -2.46. The van der Waals surface area contributed by atoms with Crippen molar-refractivity contribution in [2.75, 3.05) is 13.6 Å². The largest absolute Gasteiger partial charge is 0.351 e. The van der Waals surface area contributed by atoms with E-state index in [1.807, 2.05) is 32.0 Å². The Labute approximate surface area is 167 Å². The zero-order valence-electron chi connectivity index (χ0n) is 16.6. The van der Waals surface area contributed by atoms with E-state index in [4.69, 9.17) is 0 Å². The van der Waals surface area contributed by atoms with Gasteiger partial charge in [0.25, 0.3) is 5.91 Å². The van der Waals surface area contributed by atoms with Gasteiger partial charge in [0.2, 0.25) is 10.0 Å². The molecule has 0 atom stereocenters. The number of hydrogen-bond acceptors (Lipinski definition) is 4. The summed E-state index contributed by atoms with van der Waals surface area (Å²) in [6.45, 7) is 4.11. The maximum absolute atomic E-state index is 12.7. The highest BCUT2D eigenvalue weighted by atomic mass is 32.2.